The van der Waals surface area contributed by atoms with E-state index in [2.05, 4.69) is 20.5 Å². The highest BCUT2D eigenvalue weighted by Gasteiger charge is 2.27. The predicted molar refractivity (Wildman–Crippen MR) is 119 cm³/mol. The van der Waals surface area contributed by atoms with E-state index < -0.39 is 5.60 Å². The molecule has 0 atom stereocenters. The van der Waals surface area contributed by atoms with E-state index >= 15 is 0 Å². The van der Waals surface area contributed by atoms with Crippen LogP contribution < -0.4 is 10.6 Å². The summed E-state index contributed by atoms with van der Waals surface area (Å²) < 4.78 is 10.4. The van der Waals surface area contributed by atoms with Crippen LogP contribution >= 0.6 is 0 Å². The fourth-order valence-corrected chi connectivity index (χ4v) is 3.22. The van der Waals surface area contributed by atoms with Crippen LogP contribution in [0.15, 0.2) is 4.99 Å². The smallest absolute Gasteiger partial charge is 0.410 e. The Kier molecular flexibility index (Phi) is 11.5. The second-order valence-corrected chi connectivity index (χ2v) is 8.46. The molecule has 2 amide bonds. The van der Waals surface area contributed by atoms with Crippen molar-refractivity contribution in [1.29, 1.82) is 0 Å². The molecule has 0 saturated carbocycles. The van der Waals surface area contributed by atoms with Crippen molar-refractivity contribution < 1.29 is 19.1 Å². The van der Waals surface area contributed by atoms with Crippen molar-refractivity contribution >= 4 is 18.0 Å². The fraction of sp³-hybridized carbons (Fsp3) is 0.857. The highest BCUT2D eigenvalue weighted by atomic mass is 16.6. The molecule has 1 saturated heterocycles. The molecule has 0 spiro atoms. The van der Waals surface area contributed by atoms with E-state index in [4.69, 9.17) is 9.47 Å². The molecule has 9 heteroatoms. The maximum atomic E-state index is 12.4. The number of ether oxygens (including phenoxy) is 2. The number of rotatable bonds is 9. The highest BCUT2D eigenvalue weighted by Crippen LogP contribution is 2.20. The number of carbonyl (C=O) groups is 2. The van der Waals surface area contributed by atoms with Gasteiger partial charge in [-0.1, -0.05) is 0 Å². The van der Waals surface area contributed by atoms with Crippen LogP contribution in [0.2, 0.25) is 0 Å². The molecule has 2 N–H and O–H groups in total. The molecular formula is C21H41N5O4. The van der Waals surface area contributed by atoms with Gasteiger partial charge in [-0.15, -0.1) is 0 Å². The monoisotopic (exact) mass is 427 g/mol. The lowest BCUT2D eigenvalue weighted by Gasteiger charge is -2.36. The quantitative estimate of drug-likeness (QED) is 0.330. The summed E-state index contributed by atoms with van der Waals surface area (Å²) in [4.78, 5) is 32.7. The Balaban J connectivity index is 2.55. The second kappa shape index (κ2) is 13.3. The lowest BCUT2D eigenvalue weighted by Crippen LogP contribution is -2.48. The first-order chi connectivity index (χ1) is 14.2. The minimum absolute atomic E-state index is 0.0915. The first-order valence-corrected chi connectivity index (χ1v) is 11.0. The highest BCUT2D eigenvalue weighted by molar-refractivity contribution is 5.85. The first-order valence-electron chi connectivity index (χ1n) is 11.0. The Bertz CT molecular complexity index is 554. The maximum Gasteiger partial charge on any atom is 0.410 e. The summed E-state index contributed by atoms with van der Waals surface area (Å²) in [5.74, 6) is 1.07. The molecule has 0 aromatic heterocycles. The minimum Gasteiger partial charge on any atom is -0.444 e. The van der Waals surface area contributed by atoms with Crippen LogP contribution in [0.25, 0.3) is 0 Å². The van der Waals surface area contributed by atoms with Crippen molar-refractivity contribution in [2.45, 2.75) is 53.1 Å². The Morgan fingerprint density at radius 2 is 1.83 bits per heavy atom. The van der Waals surface area contributed by atoms with Gasteiger partial charge in [-0.2, -0.15) is 0 Å². The Morgan fingerprint density at radius 3 is 2.37 bits per heavy atom. The van der Waals surface area contributed by atoms with E-state index in [0.717, 1.165) is 38.4 Å². The van der Waals surface area contributed by atoms with Crippen LogP contribution in [0.5, 0.6) is 0 Å². The zero-order valence-electron chi connectivity index (χ0n) is 19.6. The summed E-state index contributed by atoms with van der Waals surface area (Å²) in [6.45, 7) is 14.5. The van der Waals surface area contributed by atoms with Crippen LogP contribution in [0, 0.1) is 5.92 Å². The van der Waals surface area contributed by atoms with Gasteiger partial charge in [0.15, 0.2) is 5.96 Å². The number of guanidine groups is 1. The van der Waals surface area contributed by atoms with Crippen LogP contribution in [0.3, 0.4) is 0 Å². The van der Waals surface area contributed by atoms with Crippen molar-refractivity contribution in [3.8, 4) is 0 Å². The van der Waals surface area contributed by atoms with Gasteiger partial charge in [0.2, 0.25) is 5.91 Å². The number of carbonyl (C=O) groups excluding carboxylic acids is 2. The zero-order valence-corrected chi connectivity index (χ0v) is 19.6. The molecule has 1 aliphatic rings. The molecule has 0 radical (unpaired) electrons. The molecule has 1 aliphatic heterocycles. The Morgan fingerprint density at radius 1 is 1.17 bits per heavy atom. The topological polar surface area (TPSA) is 95.5 Å². The molecule has 1 rings (SSSR count). The predicted octanol–water partition coefficient (Wildman–Crippen LogP) is 1.68. The molecule has 0 aliphatic carbocycles. The average molecular weight is 428 g/mol. The van der Waals surface area contributed by atoms with Gasteiger partial charge >= 0.3 is 6.09 Å². The molecular weight excluding hydrogens is 386 g/mol. The van der Waals surface area contributed by atoms with E-state index in [-0.39, 0.29) is 18.5 Å². The van der Waals surface area contributed by atoms with Gasteiger partial charge in [-0.3, -0.25) is 4.79 Å². The number of hydrogen-bond donors (Lipinski definition) is 2. The largest absolute Gasteiger partial charge is 0.444 e. The molecule has 0 bridgehead atoms. The number of nitrogens with one attached hydrogen (secondary N) is 2. The third kappa shape index (κ3) is 10.1. The second-order valence-electron chi connectivity index (χ2n) is 8.46. The third-order valence-electron chi connectivity index (χ3n) is 4.76. The lowest BCUT2D eigenvalue weighted by molar-refractivity contribution is -0.119. The summed E-state index contributed by atoms with van der Waals surface area (Å²) >= 11 is 0. The van der Waals surface area contributed by atoms with Crippen molar-refractivity contribution in [3.63, 3.8) is 0 Å². The van der Waals surface area contributed by atoms with Gasteiger partial charge in [0, 0.05) is 46.4 Å². The number of piperidine rings is 1. The van der Waals surface area contributed by atoms with Crippen molar-refractivity contribution in [2.24, 2.45) is 10.9 Å². The van der Waals surface area contributed by atoms with Crippen molar-refractivity contribution in [3.05, 3.63) is 0 Å². The van der Waals surface area contributed by atoms with Gasteiger partial charge in [0.1, 0.15) is 12.1 Å². The summed E-state index contributed by atoms with van der Waals surface area (Å²) in [6, 6.07) is 0. The van der Waals surface area contributed by atoms with E-state index in [9.17, 15) is 9.59 Å². The number of nitrogens with zero attached hydrogens (tertiary/aromatic N) is 3. The number of hydrogen-bond acceptors (Lipinski definition) is 5. The van der Waals surface area contributed by atoms with E-state index in [1.165, 1.54) is 0 Å². The minimum atomic E-state index is -0.485. The van der Waals surface area contributed by atoms with Gasteiger partial charge in [0.05, 0.1) is 6.61 Å². The first kappa shape index (κ1) is 26.0. The SMILES string of the molecule is CCNC(=NCC(=O)NCCOC)N1CCC(CN(CC)C(=O)OC(C)(C)C)CC1. The zero-order chi connectivity index (χ0) is 22.6. The molecule has 9 nitrogen and oxygen atoms in total. The molecule has 0 unspecified atom stereocenters. The average Bonchev–Trinajstić information content (AvgIpc) is 2.68. The van der Waals surface area contributed by atoms with Crippen LogP contribution in [-0.2, 0) is 14.3 Å². The Hall–Kier alpha value is -2.03. The molecule has 30 heavy (non-hydrogen) atoms. The van der Waals surface area contributed by atoms with Crippen LogP contribution in [0.4, 0.5) is 4.79 Å². The van der Waals surface area contributed by atoms with Gasteiger partial charge < -0.3 is 29.9 Å². The number of amides is 2. The lowest BCUT2D eigenvalue weighted by atomic mass is 9.96. The number of aliphatic imine (C=N–C) groups is 1. The maximum absolute atomic E-state index is 12.4. The molecule has 174 valence electrons. The van der Waals surface area contributed by atoms with E-state index in [0.29, 0.717) is 32.2 Å². The van der Waals surface area contributed by atoms with Crippen LogP contribution in [0.1, 0.15) is 47.5 Å². The normalized spacial score (nSPS) is 15.7. The number of likely N-dealkylation sites (tertiary alicyclic amines) is 1. The summed E-state index contributed by atoms with van der Waals surface area (Å²) in [6.07, 6.45) is 1.68. The van der Waals surface area contributed by atoms with Gasteiger partial charge in [-0.05, 0) is 53.4 Å². The summed E-state index contributed by atoms with van der Waals surface area (Å²) in [7, 11) is 1.60. The van der Waals surface area contributed by atoms with E-state index in [1.54, 1.807) is 12.0 Å². The van der Waals surface area contributed by atoms with Gasteiger partial charge in [-0.25, -0.2) is 9.79 Å². The van der Waals surface area contributed by atoms with E-state index in [1.807, 2.05) is 34.6 Å². The van der Waals surface area contributed by atoms with Crippen molar-refractivity contribution in [1.82, 2.24) is 20.4 Å². The third-order valence-corrected chi connectivity index (χ3v) is 4.76. The van der Waals surface area contributed by atoms with Gasteiger partial charge in [0.25, 0.3) is 0 Å². The molecule has 1 heterocycles. The fourth-order valence-electron chi connectivity index (χ4n) is 3.22. The summed E-state index contributed by atoms with van der Waals surface area (Å²) in [5.41, 5.74) is -0.485. The molecule has 1 fully saturated rings. The molecule has 0 aromatic carbocycles. The van der Waals surface area contributed by atoms with Crippen molar-refractivity contribution in [2.75, 3.05) is 59.5 Å². The summed E-state index contributed by atoms with van der Waals surface area (Å²) in [5, 5.41) is 6.05. The standard InChI is InChI=1S/C21H41N5O4/c1-7-22-19(24-15-18(27)23-11-14-29-6)26-12-9-17(10-13-26)16-25(8-2)20(28)30-21(3,4)5/h17H,7-16H2,1-6H3,(H,22,24)(H,23,27). The van der Waals surface area contributed by atoms with Crippen LogP contribution in [-0.4, -0.2) is 92.9 Å². The Labute approximate surface area is 181 Å². The number of methoxy groups -OCH3 is 1. The molecule has 0 aromatic rings.